The van der Waals surface area contributed by atoms with Crippen molar-refractivity contribution in [2.75, 3.05) is 13.6 Å². The van der Waals surface area contributed by atoms with E-state index in [-0.39, 0.29) is 59.9 Å². The predicted octanol–water partition coefficient (Wildman–Crippen LogP) is 4.04. The van der Waals surface area contributed by atoms with Gasteiger partial charge in [0.2, 0.25) is 17.7 Å². The van der Waals surface area contributed by atoms with Crippen molar-refractivity contribution in [2.24, 2.45) is 11.8 Å². The third kappa shape index (κ3) is 8.87. The Labute approximate surface area is 238 Å². The van der Waals surface area contributed by atoms with Gasteiger partial charge in [0, 0.05) is 37.3 Å². The van der Waals surface area contributed by atoms with Gasteiger partial charge in [-0.05, 0) is 57.6 Å². The van der Waals surface area contributed by atoms with E-state index in [9.17, 15) is 24.5 Å². The second-order valence-electron chi connectivity index (χ2n) is 11.7. The molecule has 0 aromatic heterocycles. The second-order valence-corrected chi connectivity index (χ2v) is 11.7. The number of nitrogens with zero attached hydrogens (tertiary/aromatic N) is 3. The highest BCUT2D eigenvalue weighted by Crippen LogP contribution is 2.21. The van der Waals surface area contributed by atoms with E-state index in [0.29, 0.717) is 5.57 Å². The number of non-ortho nitro benzene ring substituents is 1. The fourth-order valence-corrected chi connectivity index (χ4v) is 5.12. The number of nitrogens with one attached hydrogen (secondary N) is 2. The molecule has 1 heterocycles. The van der Waals surface area contributed by atoms with Gasteiger partial charge in [-0.25, -0.2) is 0 Å². The minimum atomic E-state index is -0.681. The number of piperidine rings is 1. The molecule has 10 heteroatoms. The van der Waals surface area contributed by atoms with Crippen LogP contribution in [0.25, 0.3) is 0 Å². The van der Waals surface area contributed by atoms with Crippen LogP contribution in [-0.2, 0) is 20.9 Å². The molecule has 1 saturated heterocycles. The van der Waals surface area contributed by atoms with Crippen molar-refractivity contribution < 1.29 is 19.3 Å². The number of carbonyl (C=O) groups excluding carboxylic acids is 3. The van der Waals surface area contributed by atoms with Gasteiger partial charge in [0.15, 0.2) is 0 Å². The first kappa shape index (κ1) is 32.9. The monoisotopic (exact) mass is 557 g/mol. The maximum absolute atomic E-state index is 13.7. The van der Waals surface area contributed by atoms with Gasteiger partial charge >= 0.3 is 0 Å². The van der Waals surface area contributed by atoms with E-state index < -0.39 is 11.0 Å². The minimum absolute atomic E-state index is 0.00878. The van der Waals surface area contributed by atoms with E-state index in [1.54, 1.807) is 37.1 Å². The van der Waals surface area contributed by atoms with Crippen LogP contribution in [0.15, 0.2) is 35.9 Å². The molecule has 2 rings (SSSR count). The molecule has 1 aliphatic heterocycles. The molecule has 0 saturated carbocycles. The highest BCUT2D eigenvalue weighted by molar-refractivity contribution is 5.93. The number of amides is 3. The number of benzene rings is 1. The normalized spacial score (nSPS) is 18.0. The lowest BCUT2D eigenvalue weighted by atomic mass is 9.95. The third-order valence-electron chi connectivity index (χ3n) is 7.60. The molecule has 3 atom stereocenters. The molecule has 10 nitrogen and oxygen atoms in total. The molecule has 1 aromatic carbocycles. The minimum Gasteiger partial charge on any atom is -0.348 e. The Morgan fingerprint density at radius 3 is 2.23 bits per heavy atom. The first-order chi connectivity index (χ1) is 18.7. The van der Waals surface area contributed by atoms with Crippen molar-refractivity contribution in [3.8, 4) is 0 Å². The third-order valence-corrected chi connectivity index (χ3v) is 7.60. The van der Waals surface area contributed by atoms with Gasteiger partial charge in [0.25, 0.3) is 5.69 Å². The number of likely N-dealkylation sites (tertiary alicyclic amines) is 1. The van der Waals surface area contributed by atoms with Gasteiger partial charge in [-0.3, -0.25) is 29.4 Å². The van der Waals surface area contributed by atoms with Crippen LogP contribution in [0.4, 0.5) is 5.69 Å². The second kappa shape index (κ2) is 14.9. The summed E-state index contributed by atoms with van der Waals surface area (Å²) in [7, 11) is 1.72. The van der Waals surface area contributed by atoms with E-state index >= 15 is 0 Å². The van der Waals surface area contributed by atoms with Crippen LogP contribution in [0, 0.1) is 22.0 Å². The van der Waals surface area contributed by atoms with Crippen LogP contribution in [0.2, 0.25) is 0 Å². The average Bonchev–Trinajstić information content (AvgIpc) is 2.91. The molecule has 222 valence electrons. The number of likely N-dealkylation sites (N-methyl/N-ethyl adjacent to an activating group) is 1. The van der Waals surface area contributed by atoms with Crippen LogP contribution in [0.3, 0.4) is 0 Å². The predicted molar refractivity (Wildman–Crippen MR) is 156 cm³/mol. The Balaban J connectivity index is 2.12. The summed E-state index contributed by atoms with van der Waals surface area (Å²) in [5, 5.41) is 16.7. The quantitative estimate of drug-likeness (QED) is 0.227. The van der Waals surface area contributed by atoms with Crippen LogP contribution in [0.1, 0.15) is 73.3 Å². The molecule has 1 unspecified atom stereocenters. The SMILES string of the molecule is C/C(=C\[C@H](C(C)C)N(C)C(=O)C(NC(=O)[C@H]1CCCCN1C(C)C)C(C)C)C(=O)NCc1ccc([N+](=O)[O-])cc1. The smallest absolute Gasteiger partial charge is 0.269 e. The zero-order chi connectivity index (χ0) is 30.1. The van der Waals surface area contributed by atoms with Crippen molar-refractivity contribution in [1.29, 1.82) is 0 Å². The number of nitro benzene ring substituents is 1. The van der Waals surface area contributed by atoms with Gasteiger partial charge in [0.05, 0.1) is 17.0 Å². The lowest BCUT2D eigenvalue weighted by Gasteiger charge is -2.39. The standard InChI is InChI=1S/C30H47N5O5/c1-19(2)26(17-22(7)28(36)31-18-23-12-14-24(15-13-23)35(39)40)33(8)30(38)27(20(3)4)32-29(37)25-11-9-10-16-34(25)21(5)6/h12-15,17,19-21,25-27H,9-11,16,18H2,1-8H3,(H,31,36)(H,32,37)/b22-17+/t25-,26-,27?/m1/s1. The summed E-state index contributed by atoms with van der Waals surface area (Å²) in [4.78, 5) is 54.1. The summed E-state index contributed by atoms with van der Waals surface area (Å²) in [5.74, 6) is -0.677. The molecule has 0 bridgehead atoms. The molecule has 0 aliphatic carbocycles. The Kier molecular flexibility index (Phi) is 12.3. The number of nitro groups is 1. The molecule has 1 aliphatic rings. The Bertz CT molecular complexity index is 1070. The van der Waals surface area contributed by atoms with E-state index in [1.165, 1.54) is 12.1 Å². The molecule has 1 aromatic rings. The van der Waals surface area contributed by atoms with E-state index in [4.69, 9.17) is 0 Å². The fraction of sp³-hybridized carbons (Fsp3) is 0.633. The zero-order valence-electron chi connectivity index (χ0n) is 25.3. The summed E-state index contributed by atoms with van der Waals surface area (Å²) >= 11 is 0. The Morgan fingerprint density at radius 2 is 1.70 bits per heavy atom. The summed E-state index contributed by atoms with van der Waals surface area (Å²) in [6.45, 7) is 14.8. The van der Waals surface area contributed by atoms with Crippen molar-refractivity contribution in [1.82, 2.24) is 20.4 Å². The lowest BCUT2D eigenvalue weighted by Crippen LogP contribution is -2.58. The molecule has 3 amide bonds. The summed E-state index contributed by atoms with van der Waals surface area (Å²) in [5.41, 5.74) is 1.19. The molecular weight excluding hydrogens is 510 g/mol. The van der Waals surface area contributed by atoms with E-state index in [2.05, 4.69) is 29.4 Å². The number of hydrogen-bond acceptors (Lipinski definition) is 6. The van der Waals surface area contributed by atoms with Gasteiger partial charge in [0.1, 0.15) is 6.04 Å². The molecule has 1 fully saturated rings. The topological polar surface area (TPSA) is 125 Å². The van der Waals surface area contributed by atoms with Gasteiger partial charge in [-0.15, -0.1) is 0 Å². The van der Waals surface area contributed by atoms with Crippen molar-refractivity contribution in [3.63, 3.8) is 0 Å². The van der Waals surface area contributed by atoms with Crippen LogP contribution in [-0.4, -0.2) is 70.2 Å². The lowest BCUT2D eigenvalue weighted by molar-refractivity contribution is -0.384. The number of hydrogen-bond donors (Lipinski definition) is 2. The van der Waals surface area contributed by atoms with Crippen molar-refractivity contribution >= 4 is 23.4 Å². The largest absolute Gasteiger partial charge is 0.348 e. The summed E-state index contributed by atoms with van der Waals surface area (Å²) in [6, 6.07) is 4.98. The number of rotatable bonds is 12. The van der Waals surface area contributed by atoms with Crippen molar-refractivity contribution in [3.05, 3.63) is 51.6 Å². The Hall–Kier alpha value is -3.27. The zero-order valence-corrected chi connectivity index (χ0v) is 25.3. The highest BCUT2D eigenvalue weighted by Gasteiger charge is 2.36. The molecule has 2 N–H and O–H groups in total. The van der Waals surface area contributed by atoms with Crippen LogP contribution < -0.4 is 10.6 Å². The van der Waals surface area contributed by atoms with Gasteiger partial charge < -0.3 is 15.5 Å². The highest BCUT2D eigenvalue weighted by atomic mass is 16.6. The maximum Gasteiger partial charge on any atom is 0.269 e. The fourth-order valence-electron chi connectivity index (χ4n) is 5.12. The van der Waals surface area contributed by atoms with E-state index in [1.807, 2.05) is 27.7 Å². The molecule has 0 spiro atoms. The molecular formula is C30H47N5O5. The van der Waals surface area contributed by atoms with Gasteiger partial charge in [-0.1, -0.05) is 52.3 Å². The average molecular weight is 558 g/mol. The number of carbonyl (C=O) groups is 3. The van der Waals surface area contributed by atoms with Crippen molar-refractivity contribution in [2.45, 2.75) is 98.4 Å². The maximum atomic E-state index is 13.7. The van der Waals surface area contributed by atoms with Gasteiger partial charge in [-0.2, -0.15) is 0 Å². The van der Waals surface area contributed by atoms with Crippen LogP contribution >= 0.6 is 0 Å². The molecule has 0 radical (unpaired) electrons. The molecule has 40 heavy (non-hydrogen) atoms. The first-order valence-corrected chi connectivity index (χ1v) is 14.3. The Morgan fingerprint density at radius 1 is 1.07 bits per heavy atom. The van der Waals surface area contributed by atoms with Crippen LogP contribution in [0.5, 0.6) is 0 Å². The summed E-state index contributed by atoms with van der Waals surface area (Å²) < 4.78 is 0. The van der Waals surface area contributed by atoms with E-state index in [0.717, 1.165) is 31.4 Å². The first-order valence-electron chi connectivity index (χ1n) is 14.3. The summed E-state index contributed by atoms with van der Waals surface area (Å²) in [6.07, 6.45) is 4.63.